The van der Waals surface area contributed by atoms with Gasteiger partial charge in [-0.2, -0.15) is 0 Å². The number of hydrogen-bond donors (Lipinski definition) is 0. The fourth-order valence-corrected chi connectivity index (χ4v) is 2.67. The monoisotopic (exact) mass is 211 g/mol. The fourth-order valence-electron chi connectivity index (χ4n) is 0.803. The van der Waals surface area contributed by atoms with Gasteiger partial charge < -0.3 is 0 Å². The summed E-state index contributed by atoms with van der Waals surface area (Å²) in [7, 11) is 2.07. The Morgan fingerprint density at radius 1 is 1.36 bits per heavy atom. The molecule has 0 aromatic rings. The van der Waals surface area contributed by atoms with Crippen LogP contribution in [0.15, 0.2) is 11.8 Å². The SMILES string of the molecule is CC(=O)/C=C(/C)[N](C)[Ga]([CH3])[CH3]. The third-order valence-electron chi connectivity index (χ3n) is 1.74. The first-order valence-electron chi connectivity index (χ1n) is 3.87. The van der Waals surface area contributed by atoms with Gasteiger partial charge in [0.05, 0.1) is 0 Å². The van der Waals surface area contributed by atoms with E-state index in [9.17, 15) is 4.79 Å². The molecule has 0 aromatic carbocycles. The molecule has 0 unspecified atom stereocenters. The minimum absolute atomic E-state index is 0.136. The minimum atomic E-state index is -1.19. The van der Waals surface area contributed by atoms with E-state index in [1.54, 1.807) is 13.0 Å². The summed E-state index contributed by atoms with van der Waals surface area (Å²) in [4.78, 5) is 10.7. The average molecular weight is 212 g/mol. The van der Waals surface area contributed by atoms with Crippen molar-refractivity contribution >= 4 is 22.2 Å². The summed E-state index contributed by atoms with van der Waals surface area (Å²) in [5.41, 5.74) is 5.67. The van der Waals surface area contributed by atoms with Crippen molar-refractivity contribution in [3.8, 4) is 0 Å². The first kappa shape index (κ1) is 10.8. The zero-order chi connectivity index (χ0) is 9.02. The summed E-state index contributed by atoms with van der Waals surface area (Å²) in [5, 5.41) is 0. The summed E-state index contributed by atoms with van der Waals surface area (Å²) >= 11 is -1.19. The van der Waals surface area contributed by atoms with Gasteiger partial charge >= 0.3 is 74.3 Å². The molecule has 0 saturated heterocycles. The van der Waals surface area contributed by atoms with Crippen LogP contribution in [0, 0.1) is 0 Å². The molecule has 0 rings (SSSR count). The predicted molar refractivity (Wildman–Crippen MR) is 49.7 cm³/mol. The van der Waals surface area contributed by atoms with Crippen LogP contribution in [0.5, 0.6) is 0 Å². The molecule has 0 aliphatic carbocycles. The number of ketones is 1. The van der Waals surface area contributed by atoms with Crippen molar-refractivity contribution in [2.75, 3.05) is 7.05 Å². The van der Waals surface area contributed by atoms with Crippen LogP contribution in [0.3, 0.4) is 0 Å². The van der Waals surface area contributed by atoms with E-state index >= 15 is 0 Å². The van der Waals surface area contributed by atoms with Gasteiger partial charge in [-0.1, -0.05) is 0 Å². The second kappa shape index (κ2) is 4.67. The van der Waals surface area contributed by atoms with Gasteiger partial charge in [-0.3, -0.25) is 0 Å². The maximum absolute atomic E-state index is 10.7. The Hall–Kier alpha value is -0.154. The van der Waals surface area contributed by atoms with Crippen molar-refractivity contribution in [3.05, 3.63) is 11.8 Å². The number of rotatable bonds is 3. The van der Waals surface area contributed by atoms with Crippen LogP contribution < -0.4 is 0 Å². The third kappa shape index (κ3) is 4.32. The van der Waals surface area contributed by atoms with Crippen LogP contribution in [-0.2, 0) is 4.79 Å². The van der Waals surface area contributed by atoms with E-state index < -0.39 is 16.5 Å². The van der Waals surface area contributed by atoms with E-state index in [4.69, 9.17) is 0 Å². The first-order valence-corrected chi connectivity index (χ1v) is 9.79. The Kier molecular flexibility index (Phi) is 4.60. The number of hydrogen-bond acceptors (Lipinski definition) is 2. The molecule has 3 heteroatoms. The molecule has 62 valence electrons. The van der Waals surface area contributed by atoms with Crippen LogP contribution in [0.25, 0.3) is 0 Å². The zero-order valence-corrected chi connectivity index (χ0v) is 10.4. The normalized spacial score (nSPS) is 11.2. The van der Waals surface area contributed by atoms with Gasteiger partial charge in [-0.25, -0.2) is 0 Å². The summed E-state index contributed by atoms with van der Waals surface area (Å²) in [6.07, 6.45) is 1.70. The average Bonchev–Trinajstić information content (AvgIpc) is 1.84. The Labute approximate surface area is 74.6 Å². The second-order valence-corrected chi connectivity index (χ2v) is 9.32. The van der Waals surface area contributed by atoms with Gasteiger partial charge in [0.15, 0.2) is 0 Å². The molecule has 0 heterocycles. The molecule has 0 aromatic heterocycles. The molecular weight excluding hydrogens is 196 g/mol. The van der Waals surface area contributed by atoms with Crippen LogP contribution in [0.2, 0.25) is 11.0 Å². The molecule has 0 radical (unpaired) electrons. The van der Waals surface area contributed by atoms with Gasteiger partial charge in [0.2, 0.25) is 0 Å². The standard InChI is InChI=1S/C6H11NO.2CH3.Ga/c1-5(7-3)4-6(2)8;;;/h4H,1-3H3,(H,7,8);2*1H3;/q;;;+1/p-1. The quantitative estimate of drug-likeness (QED) is 0.523. The molecule has 0 N–H and O–H groups in total. The van der Waals surface area contributed by atoms with Gasteiger partial charge in [0.1, 0.15) is 0 Å². The van der Waals surface area contributed by atoms with E-state index in [1.807, 2.05) is 6.92 Å². The number of allylic oxidation sites excluding steroid dienone is 2. The Morgan fingerprint density at radius 2 is 1.82 bits per heavy atom. The molecule has 0 saturated carbocycles. The fraction of sp³-hybridized carbons (Fsp3) is 0.625. The number of carbonyl (C=O) groups is 1. The van der Waals surface area contributed by atoms with Crippen molar-refractivity contribution in [1.82, 2.24) is 3.61 Å². The van der Waals surface area contributed by atoms with Crippen molar-refractivity contribution in [1.29, 1.82) is 0 Å². The van der Waals surface area contributed by atoms with E-state index in [0.717, 1.165) is 5.70 Å². The molecule has 2 nitrogen and oxygen atoms in total. The Bertz CT molecular complexity index is 175. The summed E-state index contributed by atoms with van der Waals surface area (Å²) in [6.45, 7) is 3.58. The zero-order valence-electron chi connectivity index (χ0n) is 8.01. The number of nitrogens with zero attached hydrogens (tertiary/aromatic N) is 1. The van der Waals surface area contributed by atoms with Gasteiger partial charge in [-0.05, 0) is 0 Å². The summed E-state index contributed by atoms with van der Waals surface area (Å²) in [5.74, 6) is 0.136. The van der Waals surface area contributed by atoms with Crippen molar-refractivity contribution in [2.24, 2.45) is 0 Å². The van der Waals surface area contributed by atoms with Crippen LogP contribution in [-0.4, -0.2) is 32.9 Å². The Morgan fingerprint density at radius 3 is 2.09 bits per heavy atom. The van der Waals surface area contributed by atoms with Crippen LogP contribution in [0.4, 0.5) is 0 Å². The van der Waals surface area contributed by atoms with Crippen molar-refractivity contribution < 1.29 is 4.79 Å². The predicted octanol–water partition coefficient (Wildman–Crippen LogP) is 1.66. The van der Waals surface area contributed by atoms with E-state index in [2.05, 4.69) is 21.6 Å². The molecule has 0 spiro atoms. The van der Waals surface area contributed by atoms with E-state index in [-0.39, 0.29) is 5.78 Å². The number of carbonyl (C=O) groups excluding carboxylic acids is 1. The molecular formula is C8H16GaNO. The maximum atomic E-state index is 10.7. The summed E-state index contributed by atoms with van der Waals surface area (Å²) in [6, 6.07) is 0. The second-order valence-electron chi connectivity index (χ2n) is 3.10. The first-order chi connectivity index (χ1) is 4.95. The van der Waals surface area contributed by atoms with Gasteiger partial charge in [-0.15, -0.1) is 0 Å². The van der Waals surface area contributed by atoms with Gasteiger partial charge in [0.25, 0.3) is 0 Å². The van der Waals surface area contributed by atoms with Crippen molar-refractivity contribution in [3.63, 3.8) is 0 Å². The van der Waals surface area contributed by atoms with E-state index in [0.29, 0.717) is 0 Å². The molecule has 0 aliphatic heterocycles. The molecule has 0 atom stereocenters. The van der Waals surface area contributed by atoms with E-state index in [1.165, 1.54) is 0 Å². The Balaban J connectivity index is 4.23. The molecule has 0 aliphatic rings. The molecule has 11 heavy (non-hydrogen) atoms. The molecule has 0 bridgehead atoms. The summed E-state index contributed by atoms with van der Waals surface area (Å²) < 4.78 is 2.26. The molecule has 0 fully saturated rings. The molecule has 0 amide bonds. The third-order valence-corrected chi connectivity index (χ3v) is 5.85. The van der Waals surface area contributed by atoms with Crippen LogP contribution >= 0.6 is 0 Å². The van der Waals surface area contributed by atoms with Crippen molar-refractivity contribution in [2.45, 2.75) is 24.8 Å². The van der Waals surface area contributed by atoms with Gasteiger partial charge in [0, 0.05) is 0 Å². The van der Waals surface area contributed by atoms with Crippen LogP contribution in [0.1, 0.15) is 13.8 Å². The topological polar surface area (TPSA) is 20.3 Å².